The van der Waals surface area contributed by atoms with E-state index in [2.05, 4.69) is 23.1 Å². The van der Waals surface area contributed by atoms with Gasteiger partial charge in [-0.1, -0.05) is 12.1 Å². The first-order valence-electron chi connectivity index (χ1n) is 8.09. The molecule has 1 fully saturated rings. The molecule has 0 bridgehead atoms. The standard InChI is InChI=1S/C18H20N2O2S/c21-18(13-16-2-1-11-23-16)20-6-5-14-3-4-15(12-17(14)20)19-7-9-22-10-8-19/h1-4,11-12H,5-10,13H2. The number of hydrogen-bond donors (Lipinski definition) is 0. The summed E-state index contributed by atoms with van der Waals surface area (Å²) in [6, 6.07) is 10.6. The number of benzene rings is 1. The quantitative estimate of drug-likeness (QED) is 0.868. The SMILES string of the molecule is O=C(Cc1cccs1)N1CCc2ccc(N3CCOCC3)cc21. The zero-order valence-corrected chi connectivity index (χ0v) is 13.8. The van der Waals surface area contributed by atoms with Gasteiger partial charge in [0.2, 0.25) is 5.91 Å². The van der Waals surface area contributed by atoms with E-state index < -0.39 is 0 Å². The van der Waals surface area contributed by atoms with Gasteiger partial charge in [-0.2, -0.15) is 0 Å². The van der Waals surface area contributed by atoms with Crippen molar-refractivity contribution in [1.82, 2.24) is 0 Å². The van der Waals surface area contributed by atoms with E-state index in [0.29, 0.717) is 6.42 Å². The molecule has 0 unspecified atom stereocenters. The van der Waals surface area contributed by atoms with E-state index in [-0.39, 0.29) is 5.91 Å². The number of morpholine rings is 1. The maximum absolute atomic E-state index is 12.7. The number of carbonyl (C=O) groups is 1. The number of carbonyl (C=O) groups excluding carboxylic acids is 1. The molecule has 0 spiro atoms. The van der Waals surface area contributed by atoms with Gasteiger partial charge in [-0.3, -0.25) is 4.79 Å². The molecule has 120 valence electrons. The predicted octanol–water partition coefficient (Wildman–Crippen LogP) is 2.72. The number of thiophene rings is 1. The van der Waals surface area contributed by atoms with E-state index in [4.69, 9.17) is 4.74 Å². The Morgan fingerprint density at radius 3 is 2.83 bits per heavy atom. The van der Waals surface area contributed by atoms with Crippen LogP contribution < -0.4 is 9.80 Å². The molecule has 1 saturated heterocycles. The summed E-state index contributed by atoms with van der Waals surface area (Å²) in [4.78, 5) is 18.1. The molecule has 0 aliphatic carbocycles. The predicted molar refractivity (Wildman–Crippen MR) is 93.6 cm³/mol. The summed E-state index contributed by atoms with van der Waals surface area (Å²) in [6.07, 6.45) is 1.45. The first-order chi connectivity index (χ1) is 11.3. The lowest BCUT2D eigenvalue weighted by Crippen LogP contribution is -2.36. The molecule has 1 aromatic heterocycles. The van der Waals surface area contributed by atoms with Crippen molar-refractivity contribution in [3.63, 3.8) is 0 Å². The number of hydrogen-bond acceptors (Lipinski definition) is 4. The van der Waals surface area contributed by atoms with Gasteiger partial charge in [0.25, 0.3) is 0 Å². The van der Waals surface area contributed by atoms with Crippen molar-refractivity contribution < 1.29 is 9.53 Å². The Bertz CT molecular complexity index is 693. The number of rotatable bonds is 3. The van der Waals surface area contributed by atoms with Crippen LogP contribution in [-0.4, -0.2) is 38.8 Å². The number of fused-ring (bicyclic) bond motifs is 1. The Morgan fingerprint density at radius 1 is 1.17 bits per heavy atom. The summed E-state index contributed by atoms with van der Waals surface area (Å²) in [7, 11) is 0. The second-order valence-electron chi connectivity index (χ2n) is 5.96. The van der Waals surface area contributed by atoms with Crippen LogP contribution in [0.15, 0.2) is 35.7 Å². The normalized spacial score (nSPS) is 17.4. The summed E-state index contributed by atoms with van der Waals surface area (Å²) in [5.74, 6) is 0.199. The fourth-order valence-electron chi connectivity index (χ4n) is 3.30. The van der Waals surface area contributed by atoms with Crippen molar-refractivity contribution >= 4 is 28.6 Å². The molecule has 0 atom stereocenters. The molecule has 2 aromatic rings. The Morgan fingerprint density at radius 2 is 2.04 bits per heavy atom. The van der Waals surface area contributed by atoms with Crippen LogP contribution in [0.25, 0.3) is 0 Å². The molecular weight excluding hydrogens is 308 g/mol. The van der Waals surface area contributed by atoms with Gasteiger partial charge in [0.15, 0.2) is 0 Å². The number of anilines is 2. The Kier molecular flexibility index (Phi) is 4.06. The highest BCUT2D eigenvalue weighted by Gasteiger charge is 2.26. The molecule has 4 rings (SSSR count). The minimum Gasteiger partial charge on any atom is -0.378 e. The van der Waals surface area contributed by atoms with Crippen LogP contribution in [0.2, 0.25) is 0 Å². The van der Waals surface area contributed by atoms with Gasteiger partial charge in [-0.25, -0.2) is 0 Å². The monoisotopic (exact) mass is 328 g/mol. The highest BCUT2D eigenvalue weighted by molar-refractivity contribution is 7.10. The van der Waals surface area contributed by atoms with Crippen molar-refractivity contribution in [3.8, 4) is 0 Å². The maximum Gasteiger partial charge on any atom is 0.232 e. The topological polar surface area (TPSA) is 32.8 Å². The summed E-state index contributed by atoms with van der Waals surface area (Å²) in [5, 5.41) is 2.02. The first kappa shape index (κ1) is 14.7. The van der Waals surface area contributed by atoms with Crippen LogP contribution in [0.5, 0.6) is 0 Å². The van der Waals surface area contributed by atoms with Crippen molar-refractivity contribution in [2.24, 2.45) is 0 Å². The van der Waals surface area contributed by atoms with Gasteiger partial charge < -0.3 is 14.5 Å². The second-order valence-corrected chi connectivity index (χ2v) is 7.00. The third-order valence-corrected chi connectivity index (χ3v) is 5.42. The van der Waals surface area contributed by atoms with E-state index in [1.807, 2.05) is 22.4 Å². The van der Waals surface area contributed by atoms with E-state index in [0.717, 1.165) is 49.8 Å². The average molecular weight is 328 g/mol. The molecule has 2 aliphatic heterocycles. The largest absolute Gasteiger partial charge is 0.378 e. The third-order valence-electron chi connectivity index (χ3n) is 4.55. The van der Waals surface area contributed by atoms with Crippen LogP contribution in [0.4, 0.5) is 11.4 Å². The van der Waals surface area contributed by atoms with Crippen LogP contribution in [0, 0.1) is 0 Å². The lowest BCUT2D eigenvalue weighted by atomic mass is 10.1. The van der Waals surface area contributed by atoms with Crippen molar-refractivity contribution in [3.05, 3.63) is 46.2 Å². The van der Waals surface area contributed by atoms with Gasteiger partial charge in [-0.05, 0) is 35.6 Å². The second kappa shape index (κ2) is 6.34. The molecule has 4 nitrogen and oxygen atoms in total. The van der Waals surface area contributed by atoms with Crippen LogP contribution in [0.3, 0.4) is 0 Å². The minimum atomic E-state index is 0.199. The van der Waals surface area contributed by atoms with E-state index in [9.17, 15) is 4.79 Å². The van der Waals surface area contributed by atoms with Crippen molar-refractivity contribution in [1.29, 1.82) is 0 Å². The van der Waals surface area contributed by atoms with E-state index >= 15 is 0 Å². The van der Waals surface area contributed by atoms with Crippen molar-refractivity contribution in [2.45, 2.75) is 12.8 Å². The number of nitrogens with zero attached hydrogens (tertiary/aromatic N) is 2. The third kappa shape index (κ3) is 2.99. The minimum absolute atomic E-state index is 0.199. The van der Waals surface area contributed by atoms with Crippen LogP contribution in [-0.2, 0) is 22.4 Å². The van der Waals surface area contributed by atoms with E-state index in [1.165, 1.54) is 11.3 Å². The molecule has 0 radical (unpaired) electrons. The number of ether oxygens (including phenoxy) is 1. The molecule has 0 N–H and O–H groups in total. The van der Waals surface area contributed by atoms with E-state index in [1.54, 1.807) is 11.3 Å². The molecule has 2 aliphatic rings. The smallest absolute Gasteiger partial charge is 0.232 e. The van der Waals surface area contributed by atoms with Crippen molar-refractivity contribution in [2.75, 3.05) is 42.6 Å². The lowest BCUT2D eigenvalue weighted by Gasteiger charge is -2.29. The zero-order valence-electron chi connectivity index (χ0n) is 13.0. The number of amides is 1. The van der Waals surface area contributed by atoms with Gasteiger partial charge >= 0.3 is 0 Å². The molecule has 23 heavy (non-hydrogen) atoms. The van der Waals surface area contributed by atoms with Gasteiger partial charge in [-0.15, -0.1) is 11.3 Å². The highest BCUT2D eigenvalue weighted by Crippen LogP contribution is 2.33. The molecule has 1 aromatic carbocycles. The highest BCUT2D eigenvalue weighted by atomic mass is 32.1. The van der Waals surface area contributed by atoms with Crippen LogP contribution in [0.1, 0.15) is 10.4 Å². The molecule has 1 amide bonds. The summed E-state index contributed by atoms with van der Waals surface area (Å²) in [6.45, 7) is 4.19. The summed E-state index contributed by atoms with van der Waals surface area (Å²) in [5.41, 5.74) is 3.57. The fraction of sp³-hybridized carbons (Fsp3) is 0.389. The Labute approximate surface area is 140 Å². The summed E-state index contributed by atoms with van der Waals surface area (Å²) < 4.78 is 5.43. The molecule has 3 heterocycles. The van der Waals surface area contributed by atoms with Gasteiger partial charge in [0.1, 0.15) is 0 Å². The molecule has 0 saturated carbocycles. The molecule has 5 heteroatoms. The van der Waals surface area contributed by atoms with Gasteiger partial charge in [0, 0.05) is 35.9 Å². The van der Waals surface area contributed by atoms with Gasteiger partial charge in [0.05, 0.1) is 19.6 Å². The summed E-state index contributed by atoms with van der Waals surface area (Å²) >= 11 is 1.65. The average Bonchev–Trinajstić information content (AvgIpc) is 3.24. The molecular formula is C18H20N2O2S. The fourth-order valence-corrected chi connectivity index (χ4v) is 4.00. The van der Waals surface area contributed by atoms with Crippen LogP contribution >= 0.6 is 11.3 Å². The lowest BCUT2D eigenvalue weighted by molar-refractivity contribution is -0.117. The Balaban J connectivity index is 1.55. The first-order valence-corrected chi connectivity index (χ1v) is 8.97. The Hall–Kier alpha value is -1.85. The maximum atomic E-state index is 12.7. The zero-order chi connectivity index (χ0) is 15.6.